The summed E-state index contributed by atoms with van der Waals surface area (Å²) >= 11 is 0. The van der Waals surface area contributed by atoms with Crippen LogP contribution in [0.4, 0.5) is 0 Å². The predicted molar refractivity (Wildman–Crippen MR) is 76.4 cm³/mol. The summed E-state index contributed by atoms with van der Waals surface area (Å²) in [5.41, 5.74) is 0. The number of sulfonamides is 1. The molecule has 0 aromatic heterocycles. The number of nitrogens with zero attached hydrogens (tertiary/aromatic N) is 1. The standard InChI is InChI=1S/C14H27NO3S/c1-12(16)10-15(14-8-3-2-4-9-14)19(17,18)11-13-6-5-7-13/h12-14,16H,2-11H2,1H3. The second-order valence-corrected chi connectivity index (χ2v) is 8.25. The molecule has 4 nitrogen and oxygen atoms in total. The molecule has 0 amide bonds. The fourth-order valence-electron chi connectivity index (χ4n) is 3.17. The number of rotatable bonds is 6. The van der Waals surface area contributed by atoms with Gasteiger partial charge in [0.2, 0.25) is 10.0 Å². The summed E-state index contributed by atoms with van der Waals surface area (Å²) in [6, 6.07) is 0.119. The number of aliphatic hydroxyl groups is 1. The van der Waals surface area contributed by atoms with Crippen LogP contribution in [-0.2, 0) is 10.0 Å². The highest BCUT2D eigenvalue weighted by Crippen LogP contribution is 2.31. The Morgan fingerprint density at radius 3 is 2.21 bits per heavy atom. The van der Waals surface area contributed by atoms with E-state index in [0.29, 0.717) is 5.92 Å². The van der Waals surface area contributed by atoms with Gasteiger partial charge in [-0.25, -0.2) is 8.42 Å². The van der Waals surface area contributed by atoms with Crippen LogP contribution in [0.5, 0.6) is 0 Å². The van der Waals surface area contributed by atoms with Crippen LogP contribution in [0, 0.1) is 5.92 Å². The highest BCUT2D eigenvalue weighted by atomic mass is 32.2. The number of hydrogen-bond donors (Lipinski definition) is 1. The maximum atomic E-state index is 12.6. The maximum absolute atomic E-state index is 12.6. The van der Waals surface area contributed by atoms with E-state index < -0.39 is 16.1 Å². The maximum Gasteiger partial charge on any atom is 0.214 e. The topological polar surface area (TPSA) is 57.6 Å². The molecule has 2 fully saturated rings. The van der Waals surface area contributed by atoms with Crippen molar-refractivity contribution in [3.05, 3.63) is 0 Å². The van der Waals surface area contributed by atoms with Crippen LogP contribution in [-0.4, -0.2) is 42.3 Å². The van der Waals surface area contributed by atoms with E-state index in [0.717, 1.165) is 38.5 Å². The molecule has 0 saturated heterocycles. The minimum Gasteiger partial charge on any atom is -0.392 e. The zero-order valence-electron chi connectivity index (χ0n) is 11.9. The van der Waals surface area contributed by atoms with Crippen molar-refractivity contribution in [1.82, 2.24) is 4.31 Å². The van der Waals surface area contributed by atoms with Crippen molar-refractivity contribution >= 4 is 10.0 Å². The minimum atomic E-state index is -3.20. The van der Waals surface area contributed by atoms with Gasteiger partial charge < -0.3 is 5.11 Å². The van der Waals surface area contributed by atoms with E-state index in [1.807, 2.05) is 0 Å². The Kier molecular flexibility index (Phi) is 5.26. The third-order valence-electron chi connectivity index (χ3n) is 4.45. The fraction of sp³-hybridized carbons (Fsp3) is 1.00. The van der Waals surface area contributed by atoms with Crippen molar-refractivity contribution in [3.63, 3.8) is 0 Å². The predicted octanol–water partition coefficient (Wildman–Crippen LogP) is 2.13. The van der Waals surface area contributed by atoms with Crippen LogP contribution in [0.3, 0.4) is 0 Å². The van der Waals surface area contributed by atoms with Crippen molar-refractivity contribution in [2.75, 3.05) is 12.3 Å². The second kappa shape index (κ2) is 6.55. The van der Waals surface area contributed by atoms with Crippen LogP contribution in [0.25, 0.3) is 0 Å². The molecule has 2 saturated carbocycles. The first-order valence-electron chi connectivity index (χ1n) is 7.66. The summed E-state index contributed by atoms with van der Waals surface area (Å²) in [5.74, 6) is 0.640. The Bertz CT molecular complexity index is 370. The molecule has 0 aromatic carbocycles. The molecule has 2 rings (SSSR count). The van der Waals surface area contributed by atoms with E-state index in [1.54, 1.807) is 11.2 Å². The van der Waals surface area contributed by atoms with E-state index in [4.69, 9.17) is 0 Å². The Hall–Kier alpha value is -0.130. The summed E-state index contributed by atoms with van der Waals surface area (Å²) in [6.45, 7) is 1.94. The van der Waals surface area contributed by atoms with Gasteiger partial charge >= 0.3 is 0 Å². The number of aliphatic hydroxyl groups excluding tert-OH is 1. The van der Waals surface area contributed by atoms with Gasteiger partial charge in [-0.15, -0.1) is 0 Å². The van der Waals surface area contributed by atoms with E-state index in [9.17, 15) is 13.5 Å². The Morgan fingerprint density at radius 2 is 1.74 bits per heavy atom. The second-order valence-electron chi connectivity index (χ2n) is 6.29. The summed E-state index contributed by atoms with van der Waals surface area (Å²) in [4.78, 5) is 0. The van der Waals surface area contributed by atoms with Gasteiger partial charge in [0.05, 0.1) is 11.9 Å². The van der Waals surface area contributed by atoms with Gasteiger partial charge in [0.1, 0.15) is 0 Å². The Labute approximate surface area is 117 Å². The van der Waals surface area contributed by atoms with Crippen molar-refractivity contribution in [1.29, 1.82) is 0 Å². The van der Waals surface area contributed by atoms with E-state index in [2.05, 4.69) is 0 Å². The largest absolute Gasteiger partial charge is 0.392 e. The summed E-state index contributed by atoms with van der Waals surface area (Å²) in [5, 5.41) is 9.62. The molecular formula is C14H27NO3S. The van der Waals surface area contributed by atoms with Crippen LogP contribution >= 0.6 is 0 Å². The van der Waals surface area contributed by atoms with Crippen molar-refractivity contribution in [2.24, 2.45) is 5.92 Å². The summed E-state index contributed by atoms with van der Waals surface area (Å²) in [7, 11) is -3.20. The molecule has 0 aromatic rings. The lowest BCUT2D eigenvalue weighted by molar-refractivity contribution is 0.135. The normalized spacial score (nSPS) is 24.4. The van der Waals surface area contributed by atoms with Gasteiger partial charge in [-0.05, 0) is 38.5 Å². The van der Waals surface area contributed by atoms with Crippen LogP contribution < -0.4 is 0 Å². The Morgan fingerprint density at radius 1 is 1.11 bits per heavy atom. The quantitative estimate of drug-likeness (QED) is 0.815. The molecule has 2 aliphatic carbocycles. The average Bonchev–Trinajstić information content (AvgIpc) is 2.32. The number of hydrogen-bond acceptors (Lipinski definition) is 3. The molecule has 112 valence electrons. The van der Waals surface area contributed by atoms with E-state index >= 15 is 0 Å². The van der Waals surface area contributed by atoms with Gasteiger partial charge in [0, 0.05) is 12.6 Å². The smallest absolute Gasteiger partial charge is 0.214 e. The van der Waals surface area contributed by atoms with Crippen LogP contribution in [0.15, 0.2) is 0 Å². The molecule has 1 unspecified atom stereocenters. The van der Waals surface area contributed by atoms with Gasteiger partial charge in [-0.3, -0.25) is 0 Å². The lowest BCUT2D eigenvalue weighted by atomic mass is 9.87. The first-order chi connectivity index (χ1) is 8.99. The molecule has 0 bridgehead atoms. The molecule has 0 spiro atoms. The summed E-state index contributed by atoms with van der Waals surface area (Å²) in [6.07, 6.45) is 8.02. The molecular weight excluding hydrogens is 262 g/mol. The average molecular weight is 289 g/mol. The van der Waals surface area contributed by atoms with Crippen LogP contribution in [0.2, 0.25) is 0 Å². The van der Waals surface area contributed by atoms with Gasteiger partial charge in [-0.1, -0.05) is 25.7 Å². The van der Waals surface area contributed by atoms with Crippen molar-refractivity contribution in [2.45, 2.75) is 70.4 Å². The van der Waals surface area contributed by atoms with E-state index in [1.165, 1.54) is 12.8 Å². The van der Waals surface area contributed by atoms with Crippen LogP contribution in [0.1, 0.15) is 58.3 Å². The zero-order valence-corrected chi connectivity index (χ0v) is 12.7. The van der Waals surface area contributed by atoms with Gasteiger partial charge in [0.25, 0.3) is 0 Å². The minimum absolute atomic E-state index is 0.119. The molecule has 0 aliphatic heterocycles. The molecule has 19 heavy (non-hydrogen) atoms. The van der Waals surface area contributed by atoms with Crippen molar-refractivity contribution < 1.29 is 13.5 Å². The first-order valence-corrected chi connectivity index (χ1v) is 9.27. The Balaban J connectivity index is 2.05. The SMILES string of the molecule is CC(O)CN(C1CCCCC1)S(=O)(=O)CC1CCC1. The third kappa shape index (κ3) is 4.17. The molecule has 5 heteroatoms. The molecule has 0 heterocycles. The van der Waals surface area contributed by atoms with Gasteiger partial charge in [-0.2, -0.15) is 4.31 Å². The molecule has 1 atom stereocenters. The monoisotopic (exact) mass is 289 g/mol. The lowest BCUT2D eigenvalue weighted by Gasteiger charge is -2.36. The highest BCUT2D eigenvalue weighted by molar-refractivity contribution is 7.89. The molecule has 0 radical (unpaired) electrons. The fourth-order valence-corrected chi connectivity index (χ4v) is 5.40. The zero-order chi connectivity index (χ0) is 13.9. The summed E-state index contributed by atoms with van der Waals surface area (Å²) < 4.78 is 26.8. The van der Waals surface area contributed by atoms with E-state index in [-0.39, 0.29) is 18.3 Å². The van der Waals surface area contributed by atoms with Gasteiger partial charge in [0.15, 0.2) is 0 Å². The van der Waals surface area contributed by atoms with Crippen molar-refractivity contribution in [3.8, 4) is 0 Å². The third-order valence-corrected chi connectivity index (χ3v) is 6.51. The lowest BCUT2D eigenvalue weighted by Crippen LogP contribution is -2.47. The first kappa shape index (κ1) is 15.3. The molecule has 1 N–H and O–H groups in total. The molecule has 2 aliphatic rings. The highest BCUT2D eigenvalue weighted by Gasteiger charge is 2.34.